The number of Topliss-reactive ketones (excluding diaryl/α,β-unsaturated/α-hetero) is 1. The van der Waals surface area contributed by atoms with Crippen LogP contribution in [0.4, 0.5) is 24.5 Å². The number of rotatable bonds is 6. The molecule has 0 bridgehead atoms. The first-order chi connectivity index (χ1) is 13.4. The summed E-state index contributed by atoms with van der Waals surface area (Å²) in [6, 6.07) is 2.86. The first-order valence-electron chi connectivity index (χ1n) is 7.90. The zero-order valence-electron chi connectivity index (χ0n) is 15.1. The van der Waals surface area contributed by atoms with E-state index in [-0.39, 0.29) is 23.1 Å². The molecule has 1 heterocycles. The van der Waals surface area contributed by atoms with Crippen LogP contribution in [-0.4, -0.2) is 33.8 Å². The number of aryl methyl sites for hydroxylation is 1. The average Bonchev–Trinajstić information content (AvgIpc) is 3.01. The third kappa shape index (κ3) is 5.18. The van der Waals surface area contributed by atoms with Crippen molar-refractivity contribution < 1.29 is 37.2 Å². The predicted octanol–water partition coefficient (Wildman–Crippen LogP) is 2.95. The number of nitrogens with zero attached hydrogens (tertiary/aromatic N) is 2. The van der Waals surface area contributed by atoms with E-state index in [1.54, 1.807) is 0 Å². The Morgan fingerprint density at radius 2 is 1.90 bits per heavy atom. The van der Waals surface area contributed by atoms with Crippen molar-refractivity contribution in [3.05, 3.63) is 57.4 Å². The summed E-state index contributed by atoms with van der Waals surface area (Å²) in [5.74, 6) is -2.22. The number of aromatic nitrogens is 1. The van der Waals surface area contributed by atoms with E-state index in [4.69, 9.17) is 4.74 Å². The molecule has 0 unspecified atom stereocenters. The molecule has 0 aliphatic rings. The zero-order chi connectivity index (χ0) is 21.9. The molecule has 2 rings (SSSR count). The number of hydrogen-bond acceptors (Lipinski definition) is 6. The maximum atomic E-state index is 12.7. The van der Waals surface area contributed by atoms with E-state index in [1.807, 2.05) is 5.32 Å². The molecule has 0 radical (unpaired) electrons. The third-order valence-corrected chi connectivity index (χ3v) is 3.75. The minimum absolute atomic E-state index is 0.0106. The molecule has 12 heteroatoms. The molecule has 0 atom stereocenters. The molecule has 2 aromatic rings. The van der Waals surface area contributed by atoms with Gasteiger partial charge in [0.1, 0.15) is 11.4 Å². The summed E-state index contributed by atoms with van der Waals surface area (Å²) in [6.45, 7) is 0.451. The van der Waals surface area contributed by atoms with Crippen LogP contribution in [0.2, 0.25) is 0 Å². The second-order valence-corrected chi connectivity index (χ2v) is 5.89. The Balaban J connectivity index is 2.08. The highest BCUT2D eigenvalue weighted by molar-refractivity contribution is 5.99. The highest BCUT2D eigenvalue weighted by atomic mass is 19.4. The van der Waals surface area contributed by atoms with Crippen molar-refractivity contribution >= 4 is 29.0 Å². The van der Waals surface area contributed by atoms with Crippen LogP contribution in [0.15, 0.2) is 30.5 Å². The van der Waals surface area contributed by atoms with Crippen molar-refractivity contribution in [2.45, 2.75) is 13.1 Å². The lowest BCUT2D eigenvalue weighted by atomic mass is 10.1. The van der Waals surface area contributed by atoms with E-state index in [1.165, 1.54) is 30.8 Å². The summed E-state index contributed by atoms with van der Waals surface area (Å²) < 4.78 is 44.2. The number of ketones is 1. The standard InChI is InChI=1S/C17H14F3N3O6/c1-9(24)10-5-14(22(2)7-10)16(26)29-8-15(25)21-12-4-3-11(17(18,19)20)6-13(12)23(27)28/h3-7H,8H2,1-2H3,(H,21,25). The van der Waals surface area contributed by atoms with E-state index in [9.17, 15) is 37.7 Å². The Kier molecular flexibility index (Phi) is 6.05. The summed E-state index contributed by atoms with van der Waals surface area (Å²) in [5.41, 5.74) is -2.46. The largest absolute Gasteiger partial charge is 0.451 e. The van der Waals surface area contributed by atoms with E-state index < -0.39 is 46.5 Å². The summed E-state index contributed by atoms with van der Waals surface area (Å²) in [5, 5.41) is 13.0. The molecule has 0 saturated heterocycles. The molecule has 1 N–H and O–H groups in total. The van der Waals surface area contributed by atoms with Gasteiger partial charge in [0.25, 0.3) is 11.6 Å². The number of hydrogen-bond donors (Lipinski definition) is 1. The van der Waals surface area contributed by atoms with Gasteiger partial charge in [-0.2, -0.15) is 13.2 Å². The fourth-order valence-corrected chi connectivity index (χ4v) is 2.32. The number of carbonyl (C=O) groups excluding carboxylic acids is 3. The van der Waals surface area contributed by atoms with Crippen LogP contribution < -0.4 is 5.32 Å². The number of benzene rings is 1. The number of halogens is 3. The van der Waals surface area contributed by atoms with E-state index >= 15 is 0 Å². The molecule has 9 nitrogen and oxygen atoms in total. The Bertz CT molecular complexity index is 997. The van der Waals surface area contributed by atoms with E-state index in [0.717, 1.165) is 6.07 Å². The molecule has 1 aromatic carbocycles. The van der Waals surface area contributed by atoms with Crippen LogP contribution in [-0.2, 0) is 22.8 Å². The monoisotopic (exact) mass is 413 g/mol. The number of amides is 1. The smallest absolute Gasteiger partial charge is 0.416 e. The zero-order valence-corrected chi connectivity index (χ0v) is 15.1. The van der Waals surface area contributed by atoms with Crippen molar-refractivity contribution in [1.82, 2.24) is 4.57 Å². The fourth-order valence-electron chi connectivity index (χ4n) is 2.32. The first kappa shape index (κ1) is 21.6. The minimum Gasteiger partial charge on any atom is -0.451 e. The number of anilines is 1. The van der Waals surface area contributed by atoms with Crippen LogP contribution in [0.5, 0.6) is 0 Å². The van der Waals surface area contributed by atoms with Gasteiger partial charge >= 0.3 is 12.1 Å². The number of ether oxygens (including phenoxy) is 1. The van der Waals surface area contributed by atoms with Crippen molar-refractivity contribution in [2.75, 3.05) is 11.9 Å². The minimum atomic E-state index is -4.80. The van der Waals surface area contributed by atoms with Gasteiger partial charge in [-0.1, -0.05) is 0 Å². The second kappa shape index (κ2) is 8.12. The normalized spacial score (nSPS) is 11.1. The number of nitrogens with one attached hydrogen (secondary N) is 1. The molecule has 0 spiro atoms. The lowest BCUT2D eigenvalue weighted by Crippen LogP contribution is -2.22. The maximum Gasteiger partial charge on any atom is 0.416 e. The highest BCUT2D eigenvalue weighted by Gasteiger charge is 2.33. The Labute approximate surface area is 161 Å². The lowest BCUT2D eigenvalue weighted by Gasteiger charge is -2.10. The summed E-state index contributed by atoms with van der Waals surface area (Å²) in [4.78, 5) is 45.2. The van der Waals surface area contributed by atoms with Gasteiger partial charge in [0, 0.05) is 24.9 Å². The number of esters is 1. The topological polar surface area (TPSA) is 121 Å². The van der Waals surface area contributed by atoms with E-state index in [2.05, 4.69) is 0 Å². The number of nitro groups is 1. The lowest BCUT2D eigenvalue weighted by molar-refractivity contribution is -0.384. The van der Waals surface area contributed by atoms with Crippen LogP contribution in [0.1, 0.15) is 33.3 Å². The number of carbonyl (C=O) groups is 3. The summed E-state index contributed by atoms with van der Waals surface area (Å²) >= 11 is 0. The van der Waals surface area contributed by atoms with Crippen molar-refractivity contribution in [3.8, 4) is 0 Å². The van der Waals surface area contributed by atoms with Gasteiger partial charge in [0.05, 0.1) is 10.5 Å². The Hall–Kier alpha value is -3.70. The number of nitro benzene ring substituents is 1. The van der Waals surface area contributed by atoms with Crippen LogP contribution >= 0.6 is 0 Å². The molecule has 0 saturated carbocycles. The molecule has 29 heavy (non-hydrogen) atoms. The molecule has 0 aliphatic heterocycles. The first-order valence-corrected chi connectivity index (χ1v) is 7.90. The summed E-state index contributed by atoms with van der Waals surface area (Å²) in [6.07, 6.45) is -3.40. The number of alkyl halides is 3. The Morgan fingerprint density at radius 3 is 2.41 bits per heavy atom. The third-order valence-electron chi connectivity index (χ3n) is 3.75. The van der Waals surface area contributed by atoms with Crippen LogP contribution in [0.3, 0.4) is 0 Å². The van der Waals surface area contributed by atoms with Gasteiger partial charge in [-0.15, -0.1) is 0 Å². The Morgan fingerprint density at radius 1 is 1.24 bits per heavy atom. The van der Waals surface area contributed by atoms with Crippen molar-refractivity contribution in [2.24, 2.45) is 7.05 Å². The SMILES string of the molecule is CC(=O)c1cc(C(=O)OCC(=O)Nc2ccc(C(F)(F)F)cc2[N+](=O)[O-])n(C)c1. The fraction of sp³-hybridized carbons (Fsp3) is 0.235. The molecule has 0 fully saturated rings. The molecular weight excluding hydrogens is 399 g/mol. The van der Waals surface area contributed by atoms with Gasteiger partial charge in [0.15, 0.2) is 12.4 Å². The van der Waals surface area contributed by atoms with Gasteiger partial charge in [-0.05, 0) is 25.1 Å². The highest BCUT2D eigenvalue weighted by Crippen LogP contribution is 2.34. The van der Waals surface area contributed by atoms with Crippen molar-refractivity contribution in [3.63, 3.8) is 0 Å². The average molecular weight is 413 g/mol. The molecule has 1 amide bonds. The van der Waals surface area contributed by atoms with Gasteiger partial charge in [0.2, 0.25) is 0 Å². The second-order valence-electron chi connectivity index (χ2n) is 5.89. The maximum absolute atomic E-state index is 12.7. The molecule has 1 aromatic heterocycles. The quantitative estimate of drug-likeness (QED) is 0.336. The van der Waals surface area contributed by atoms with Gasteiger partial charge in [-0.3, -0.25) is 19.7 Å². The summed E-state index contributed by atoms with van der Waals surface area (Å²) in [7, 11) is 1.48. The van der Waals surface area contributed by atoms with Crippen LogP contribution in [0.25, 0.3) is 0 Å². The molecule has 154 valence electrons. The van der Waals surface area contributed by atoms with Crippen molar-refractivity contribution in [1.29, 1.82) is 0 Å². The molecule has 0 aliphatic carbocycles. The van der Waals surface area contributed by atoms with E-state index in [0.29, 0.717) is 6.07 Å². The van der Waals surface area contributed by atoms with Crippen LogP contribution in [0, 0.1) is 10.1 Å². The van der Waals surface area contributed by atoms with Gasteiger partial charge < -0.3 is 14.6 Å². The van der Waals surface area contributed by atoms with Gasteiger partial charge in [-0.25, -0.2) is 4.79 Å². The molecular formula is C17H14F3N3O6. The predicted molar refractivity (Wildman–Crippen MR) is 92.4 cm³/mol.